The summed E-state index contributed by atoms with van der Waals surface area (Å²) >= 11 is 0. The zero-order valence-corrected chi connectivity index (χ0v) is 11.8. The molecule has 3 atom stereocenters. The summed E-state index contributed by atoms with van der Waals surface area (Å²) in [6.07, 6.45) is 3.61. The summed E-state index contributed by atoms with van der Waals surface area (Å²) in [4.78, 5) is 13.6. The normalized spacial score (nSPS) is 27.9. The van der Waals surface area contributed by atoms with Crippen molar-refractivity contribution in [2.75, 3.05) is 7.11 Å². The highest BCUT2D eigenvalue weighted by atomic mass is 32.2. The molecule has 1 aromatic rings. The number of hydrogen-bond acceptors (Lipinski definition) is 4. The van der Waals surface area contributed by atoms with E-state index < -0.39 is 27.2 Å². The van der Waals surface area contributed by atoms with E-state index in [-0.39, 0.29) is 6.04 Å². The van der Waals surface area contributed by atoms with Crippen LogP contribution in [0.15, 0.2) is 47.4 Å². The van der Waals surface area contributed by atoms with Crippen LogP contribution in [0.25, 0.3) is 0 Å². The van der Waals surface area contributed by atoms with E-state index in [0.29, 0.717) is 11.3 Å². The van der Waals surface area contributed by atoms with Gasteiger partial charge in [0.15, 0.2) is 9.84 Å². The number of hydrogen-bond donors (Lipinski definition) is 0. The first-order valence-corrected chi connectivity index (χ1v) is 7.94. The van der Waals surface area contributed by atoms with Gasteiger partial charge in [0.2, 0.25) is 0 Å². The molecule has 0 saturated carbocycles. The largest absolute Gasteiger partial charge is 0.453 e. The van der Waals surface area contributed by atoms with Crippen LogP contribution in [0.3, 0.4) is 0 Å². The van der Waals surface area contributed by atoms with Gasteiger partial charge in [0, 0.05) is 0 Å². The molecule has 0 radical (unpaired) electrons. The minimum atomic E-state index is -3.44. The van der Waals surface area contributed by atoms with E-state index in [9.17, 15) is 13.2 Å². The van der Waals surface area contributed by atoms with Gasteiger partial charge in [0.25, 0.3) is 0 Å². The summed E-state index contributed by atoms with van der Waals surface area (Å²) in [5.41, 5.74) is 0. The average molecular weight is 293 g/mol. The number of nitrogens with zero attached hydrogens (tertiary/aromatic N) is 1. The number of benzene rings is 1. The minimum absolute atomic E-state index is 0.184. The Labute approximate surface area is 117 Å². The highest BCUT2D eigenvalue weighted by Gasteiger charge is 2.51. The summed E-state index contributed by atoms with van der Waals surface area (Å²) in [6, 6.07) is 7.75. The molecule has 2 aliphatic rings. The van der Waals surface area contributed by atoms with Crippen molar-refractivity contribution >= 4 is 15.9 Å². The van der Waals surface area contributed by atoms with Gasteiger partial charge < -0.3 is 4.74 Å². The van der Waals surface area contributed by atoms with E-state index in [1.807, 2.05) is 6.08 Å². The molecule has 1 fully saturated rings. The van der Waals surface area contributed by atoms with Gasteiger partial charge in [-0.1, -0.05) is 30.4 Å². The van der Waals surface area contributed by atoms with Crippen molar-refractivity contribution in [3.8, 4) is 0 Å². The molecule has 1 aromatic carbocycles. The van der Waals surface area contributed by atoms with Crippen LogP contribution in [0.5, 0.6) is 0 Å². The van der Waals surface area contributed by atoms with E-state index in [2.05, 4.69) is 0 Å². The van der Waals surface area contributed by atoms with Crippen molar-refractivity contribution in [3.63, 3.8) is 0 Å². The van der Waals surface area contributed by atoms with Gasteiger partial charge in [-0.25, -0.2) is 13.2 Å². The molecule has 0 spiro atoms. The molecule has 3 rings (SSSR count). The molecule has 106 valence electrons. The zero-order chi connectivity index (χ0) is 14.3. The van der Waals surface area contributed by atoms with E-state index in [0.717, 1.165) is 0 Å². The summed E-state index contributed by atoms with van der Waals surface area (Å²) < 4.78 is 30.1. The summed E-state index contributed by atoms with van der Waals surface area (Å²) in [7, 11) is -2.14. The van der Waals surface area contributed by atoms with Crippen LogP contribution >= 0.6 is 0 Å². The fraction of sp³-hybridized carbons (Fsp3) is 0.357. The maximum atomic E-state index is 12.7. The molecular formula is C14H15NO4S. The van der Waals surface area contributed by atoms with E-state index in [1.54, 1.807) is 36.4 Å². The monoisotopic (exact) mass is 293 g/mol. The third-order valence-electron chi connectivity index (χ3n) is 3.92. The highest BCUT2D eigenvalue weighted by molar-refractivity contribution is 7.92. The first-order valence-electron chi connectivity index (χ1n) is 6.39. The van der Waals surface area contributed by atoms with Crippen LogP contribution in [0, 0.1) is 0 Å². The number of carbonyl (C=O) groups excluding carboxylic acids is 1. The molecule has 2 bridgehead atoms. The second kappa shape index (κ2) is 4.63. The van der Waals surface area contributed by atoms with Gasteiger partial charge in [-0.3, -0.25) is 4.90 Å². The second-order valence-corrected chi connectivity index (χ2v) is 7.12. The van der Waals surface area contributed by atoms with Crippen molar-refractivity contribution in [3.05, 3.63) is 42.5 Å². The van der Waals surface area contributed by atoms with Gasteiger partial charge in [0.05, 0.1) is 29.3 Å². The lowest BCUT2D eigenvalue weighted by Gasteiger charge is -2.22. The maximum absolute atomic E-state index is 12.7. The van der Waals surface area contributed by atoms with Gasteiger partial charge in [-0.2, -0.15) is 0 Å². The Bertz CT molecular complexity index is 653. The lowest BCUT2D eigenvalue weighted by atomic mass is 10.1. The molecule has 1 amide bonds. The fourth-order valence-corrected chi connectivity index (χ4v) is 4.90. The third-order valence-corrected chi connectivity index (χ3v) is 6.12. The van der Waals surface area contributed by atoms with Gasteiger partial charge >= 0.3 is 6.09 Å². The van der Waals surface area contributed by atoms with Crippen molar-refractivity contribution in [1.29, 1.82) is 0 Å². The molecule has 6 heteroatoms. The van der Waals surface area contributed by atoms with Crippen LogP contribution in [0.4, 0.5) is 4.79 Å². The van der Waals surface area contributed by atoms with Crippen molar-refractivity contribution in [2.24, 2.45) is 0 Å². The van der Waals surface area contributed by atoms with E-state index in [1.165, 1.54) is 12.0 Å². The van der Waals surface area contributed by atoms with Crippen molar-refractivity contribution < 1.29 is 17.9 Å². The number of ether oxygens (including phenoxy) is 1. The second-order valence-electron chi connectivity index (χ2n) is 4.95. The fourth-order valence-electron chi connectivity index (χ4n) is 2.98. The Hall–Kier alpha value is -1.82. The number of amides is 1. The molecule has 2 heterocycles. The lowest BCUT2D eigenvalue weighted by Crippen LogP contribution is -2.40. The Balaban J connectivity index is 1.94. The molecular weight excluding hydrogens is 278 g/mol. The van der Waals surface area contributed by atoms with Gasteiger partial charge in [-0.15, -0.1) is 0 Å². The zero-order valence-electron chi connectivity index (χ0n) is 11.0. The first kappa shape index (κ1) is 13.2. The molecule has 0 aromatic heterocycles. The molecule has 0 N–H and O–H groups in total. The smallest absolute Gasteiger partial charge is 0.410 e. The standard InChI is InChI=1S/C14H15NO4S/c1-19-14(16)15-10-7-8-12(15)13(9-10)20(17,18)11-5-3-2-4-6-11/h2-8,10,12-13H,9H2,1H3. The maximum Gasteiger partial charge on any atom is 0.410 e. The average Bonchev–Trinajstić information content (AvgIpc) is 3.05. The number of fused-ring (bicyclic) bond motifs is 2. The third kappa shape index (κ3) is 1.83. The van der Waals surface area contributed by atoms with Crippen LogP contribution in [-0.2, 0) is 14.6 Å². The van der Waals surface area contributed by atoms with Crippen LogP contribution in [0.2, 0.25) is 0 Å². The van der Waals surface area contributed by atoms with Crippen molar-refractivity contribution in [1.82, 2.24) is 4.90 Å². The Morgan fingerprint density at radius 3 is 2.60 bits per heavy atom. The Kier molecular flexibility index (Phi) is 3.05. The molecule has 2 aliphatic heterocycles. The number of methoxy groups -OCH3 is 1. The highest BCUT2D eigenvalue weighted by Crippen LogP contribution is 2.38. The molecule has 0 aliphatic carbocycles. The van der Waals surface area contributed by atoms with Gasteiger partial charge in [0.1, 0.15) is 0 Å². The Morgan fingerprint density at radius 2 is 1.95 bits per heavy atom. The molecule has 5 nitrogen and oxygen atoms in total. The van der Waals surface area contributed by atoms with Crippen LogP contribution in [0.1, 0.15) is 6.42 Å². The molecule has 1 saturated heterocycles. The first-order chi connectivity index (χ1) is 9.55. The summed E-state index contributed by atoms with van der Waals surface area (Å²) in [5, 5.41) is -0.598. The van der Waals surface area contributed by atoms with Crippen LogP contribution in [-0.4, -0.2) is 43.9 Å². The summed E-state index contributed by atoms with van der Waals surface area (Å²) in [5.74, 6) is 0. The molecule has 20 heavy (non-hydrogen) atoms. The predicted octanol–water partition coefficient (Wildman–Crippen LogP) is 1.61. The van der Waals surface area contributed by atoms with E-state index >= 15 is 0 Å². The SMILES string of the molecule is COC(=O)N1C2C=CC1C(S(=O)(=O)c1ccccc1)C2. The predicted molar refractivity (Wildman–Crippen MR) is 73.0 cm³/mol. The van der Waals surface area contributed by atoms with Crippen molar-refractivity contribution in [2.45, 2.75) is 28.6 Å². The van der Waals surface area contributed by atoms with E-state index in [4.69, 9.17) is 4.74 Å². The van der Waals surface area contributed by atoms with Gasteiger partial charge in [-0.05, 0) is 18.6 Å². The van der Waals surface area contributed by atoms with Crippen LogP contribution < -0.4 is 0 Å². The number of carbonyl (C=O) groups is 1. The molecule has 3 unspecified atom stereocenters. The quantitative estimate of drug-likeness (QED) is 0.777. The minimum Gasteiger partial charge on any atom is -0.453 e. The topological polar surface area (TPSA) is 63.7 Å². The Morgan fingerprint density at radius 1 is 1.25 bits per heavy atom. The number of rotatable bonds is 2. The number of sulfone groups is 1. The summed E-state index contributed by atoms with van der Waals surface area (Å²) in [6.45, 7) is 0. The lowest BCUT2D eigenvalue weighted by molar-refractivity contribution is 0.121.